The summed E-state index contributed by atoms with van der Waals surface area (Å²) in [6, 6.07) is 0. The maximum absolute atomic E-state index is 10.4. The summed E-state index contributed by atoms with van der Waals surface area (Å²) in [5, 5.41) is 2.67. The second kappa shape index (κ2) is 2.03. The van der Waals surface area contributed by atoms with E-state index in [-0.39, 0.29) is 10.5 Å². The molecule has 1 rings (SSSR count). The first-order valence-electron chi connectivity index (χ1n) is 2.21. The maximum Gasteiger partial charge on any atom is 0.284 e. The minimum absolute atomic E-state index is 0.0255. The van der Waals surface area contributed by atoms with E-state index in [4.69, 9.17) is 12.2 Å². The molecule has 1 fully saturated rings. The fourth-order valence-electron chi connectivity index (χ4n) is 0.446. The fourth-order valence-corrected chi connectivity index (χ4v) is 1.40. The van der Waals surface area contributed by atoms with Crippen LogP contribution in [0.3, 0.4) is 0 Å². The molecule has 8 heavy (non-hydrogen) atoms. The van der Waals surface area contributed by atoms with Crippen LogP contribution in [0.5, 0.6) is 0 Å². The van der Waals surface area contributed by atoms with Gasteiger partial charge in [-0.1, -0.05) is 24.0 Å². The standard InChI is InChI=1S/C4H5NOS2/c1-2-3(7)5-4(6)8-2/h2H,1H3,(H,5,6,7). The van der Waals surface area contributed by atoms with E-state index >= 15 is 0 Å². The van der Waals surface area contributed by atoms with E-state index in [1.54, 1.807) is 0 Å². The highest BCUT2D eigenvalue weighted by Gasteiger charge is 2.22. The summed E-state index contributed by atoms with van der Waals surface area (Å²) in [6.07, 6.45) is 0. The zero-order valence-corrected chi connectivity index (χ0v) is 5.94. The molecule has 1 aliphatic heterocycles. The van der Waals surface area contributed by atoms with Crippen molar-refractivity contribution in [3.8, 4) is 0 Å². The lowest BCUT2D eigenvalue weighted by molar-refractivity contribution is 0.265. The van der Waals surface area contributed by atoms with Gasteiger partial charge < -0.3 is 5.32 Å². The van der Waals surface area contributed by atoms with Gasteiger partial charge in [-0.15, -0.1) is 0 Å². The zero-order valence-electron chi connectivity index (χ0n) is 4.30. The van der Waals surface area contributed by atoms with Gasteiger partial charge in [0.2, 0.25) is 0 Å². The second-order valence-electron chi connectivity index (χ2n) is 1.54. The molecule has 0 radical (unpaired) electrons. The lowest BCUT2D eigenvalue weighted by Crippen LogP contribution is -2.19. The van der Waals surface area contributed by atoms with Crippen molar-refractivity contribution in [3.63, 3.8) is 0 Å². The third kappa shape index (κ3) is 1.00. The molecule has 2 nitrogen and oxygen atoms in total. The van der Waals surface area contributed by atoms with Crippen LogP contribution in [0.25, 0.3) is 0 Å². The molecule has 0 spiro atoms. The highest BCUT2D eigenvalue weighted by Crippen LogP contribution is 2.18. The molecule has 0 aromatic carbocycles. The van der Waals surface area contributed by atoms with E-state index in [2.05, 4.69) is 5.32 Å². The molecule has 1 atom stereocenters. The van der Waals surface area contributed by atoms with Crippen molar-refractivity contribution in [1.29, 1.82) is 0 Å². The Morgan fingerprint density at radius 3 is 2.62 bits per heavy atom. The van der Waals surface area contributed by atoms with Gasteiger partial charge in [0.05, 0.1) is 10.2 Å². The summed E-state index contributed by atoms with van der Waals surface area (Å²) in [5.41, 5.74) is 0. The number of thioether (sulfide) groups is 1. The monoisotopic (exact) mass is 147 g/mol. The quantitative estimate of drug-likeness (QED) is 0.521. The number of amides is 1. The molecule has 0 bridgehead atoms. The molecule has 44 valence electrons. The van der Waals surface area contributed by atoms with Crippen LogP contribution in [0.1, 0.15) is 6.92 Å². The Kier molecular flexibility index (Phi) is 1.53. The van der Waals surface area contributed by atoms with Crippen molar-refractivity contribution in [1.82, 2.24) is 5.32 Å². The lowest BCUT2D eigenvalue weighted by Gasteiger charge is -1.91. The van der Waals surface area contributed by atoms with Crippen molar-refractivity contribution < 1.29 is 4.79 Å². The second-order valence-corrected chi connectivity index (χ2v) is 3.29. The van der Waals surface area contributed by atoms with Crippen LogP contribution in [0.15, 0.2) is 0 Å². The van der Waals surface area contributed by atoms with Gasteiger partial charge in [-0.25, -0.2) is 0 Å². The number of carbonyl (C=O) groups is 1. The summed E-state index contributed by atoms with van der Waals surface area (Å²) in [4.78, 5) is 11.1. The number of carbonyl (C=O) groups excluding carboxylic acids is 1. The maximum atomic E-state index is 10.4. The molecule has 1 unspecified atom stereocenters. The summed E-state index contributed by atoms with van der Waals surface area (Å²) >= 11 is 6.00. The molecule has 0 saturated carbocycles. The zero-order chi connectivity index (χ0) is 6.15. The third-order valence-corrected chi connectivity index (χ3v) is 2.39. The van der Waals surface area contributed by atoms with Crippen LogP contribution in [0, 0.1) is 0 Å². The number of rotatable bonds is 0. The number of thiocarbonyl (C=S) groups is 1. The summed E-state index contributed by atoms with van der Waals surface area (Å²) in [6.45, 7) is 1.91. The summed E-state index contributed by atoms with van der Waals surface area (Å²) < 4.78 is 0. The molecule has 1 N–H and O–H groups in total. The van der Waals surface area contributed by atoms with E-state index in [9.17, 15) is 4.79 Å². The number of nitrogens with one attached hydrogen (secondary N) is 1. The van der Waals surface area contributed by atoms with Crippen LogP contribution in [-0.4, -0.2) is 15.5 Å². The van der Waals surface area contributed by atoms with Gasteiger partial charge >= 0.3 is 0 Å². The Balaban J connectivity index is 2.64. The van der Waals surface area contributed by atoms with Crippen LogP contribution in [-0.2, 0) is 0 Å². The van der Waals surface area contributed by atoms with Gasteiger partial charge in [-0.2, -0.15) is 0 Å². The van der Waals surface area contributed by atoms with Gasteiger partial charge in [0, 0.05) is 0 Å². The molecule has 1 saturated heterocycles. The Labute approximate surface area is 57.0 Å². The van der Waals surface area contributed by atoms with Gasteiger partial charge in [0.25, 0.3) is 5.24 Å². The molecule has 0 aromatic heterocycles. The summed E-state index contributed by atoms with van der Waals surface area (Å²) in [7, 11) is 0. The number of hydrogen-bond donors (Lipinski definition) is 1. The SMILES string of the molecule is CC1SC(=O)NC1=S. The number of hydrogen-bond acceptors (Lipinski definition) is 3. The Hall–Kier alpha value is -0.0900. The summed E-state index contributed by atoms with van der Waals surface area (Å²) in [5.74, 6) is 0. The predicted molar refractivity (Wildman–Crippen MR) is 38.2 cm³/mol. The van der Waals surface area contributed by atoms with Gasteiger partial charge in [0.1, 0.15) is 0 Å². The predicted octanol–water partition coefficient (Wildman–Crippen LogP) is 1.16. The van der Waals surface area contributed by atoms with E-state index in [0.717, 1.165) is 0 Å². The van der Waals surface area contributed by atoms with E-state index in [0.29, 0.717) is 4.99 Å². The third-order valence-electron chi connectivity index (χ3n) is 0.878. The Morgan fingerprint density at radius 1 is 1.88 bits per heavy atom. The van der Waals surface area contributed by atoms with E-state index < -0.39 is 0 Å². The highest BCUT2D eigenvalue weighted by atomic mass is 32.2. The molecule has 0 aromatic rings. The van der Waals surface area contributed by atoms with Gasteiger partial charge in [-0.3, -0.25) is 4.79 Å². The fraction of sp³-hybridized carbons (Fsp3) is 0.500. The van der Waals surface area contributed by atoms with Crippen molar-refractivity contribution in [2.45, 2.75) is 12.2 Å². The smallest absolute Gasteiger partial charge is 0.284 e. The van der Waals surface area contributed by atoms with Crippen molar-refractivity contribution in [3.05, 3.63) is 0 Å². The molecule has 0 aliphatic carbocycles. The van der Waals surface area contributed by atoms with Crippen molar-refractivity contribution in [2.75, 3.05) is 0 Å². The van der Waals surface area contributed by atoms with Crippen LogP contribution >= 0.6 is 24.0 Å². The normalized spacial score (nSPS) is 28.4. The van der Waals surface area contributed by atoms with Gasteiger partial charge in [0.15, 0.2) is 0 Å². The molecule has 1 amide bonds. The molecule has 1 heterocycles. The van der Waals surface area contributed by atoms with Crippen molar-refractivity contribution in [2.24, 2.45) is 0 Å². The Morgan fingerprint density at radius 2 is 2.50 bits per heavy atom. The van der Waals surface area contributed by atoms with Crippen LogP contribution < -0.4 is 5.32 Å². The highest BCUT2D eigenvalue weighted by molar-refractivity contribution is 8.16. The van der Waals surface area contributed by atoms with Gasteiger partial charge in [-0.05, 0) is 6.92 Å². The first-order chi connectivity index (χ1) is 3.70. The molecular weight excluding hydrogens is 142 g/mol. The van der Waals surface area contributed by atoms with E-state index in [1.165, 1.54) is 11.8 Å². The first-order valence-corrected chi connectivity index (χ1v) is 3.50. The molecule has 4 heteroatoms. The minimum atomic E-state index is -0.0255. The molecule has 1 aliphatic rings. The van der Waals surface area contributed by atoms with Crippen LogP contribution in [0.4, 0.5) is 4.79 Å². The molecular formula is C4H5NOS2. The Bertz CT molecular complexity index is 145. The van der Waals surface area contributed by atoms with E-state index in [1.807, 2.05) is 6.92 Å². The minimum Gasteiger partial charge on any atom is -0.310 e. The largest absolute Gasteiger partial charge is 0.310 e. The van der Waals surface area contributed by atoms with Crippen LogP contribution in [0.2, 0.25) is 0 Å². The topological polar surface area (TPSA) is 29.1 Å². The van der Waals surface area contributed by atoms with Crippen molar-refractivity contribution >= 4 is 34.2 Å². The average Bonchev–Trinajstić information content (AvgIpc) is 1.85. The first kappa shape index (κ1) is 6.04. The average molecular weight is 147 g/mol. The lowest BCUT2D eigenvalue weighted by atomic mass is 10.5.